The lowest BCUT2D eigenvalue weighted by atomic mass is 9.92. The second-order valence-electron chi connectivity index (χ2n) is 7.19. The van der Waals surface area contributed by atoms with E-state index in [4.69, 9.17) is 12.2 Å². The second-order valence-corrected chi connectivity index (χ2v) is 7.58. The van der Waals surface area contributed by atoms with Crippen LogP contribution < -0.4 is 5.32 Å². The molecular weight excluding hydrogens is 322 g/mol. The van der Waals surface area contributed by atoms with E-state index in [1.807, 2.05) is 0 Å². The number of amides is 1. The number of aromatic amines is 1. The number of nitrogens with one attached hydrogen (secondary N) is 2. The molecule has 0 aromatic carbocycles. The van der Waals surface area contributed by atoms with Crippen LogP contribution in [0.25, 0.3) is 0 Å². The number of carbonyl (C=O) groups excluding carboxylic acids is 1. The first-order valence-corrected chi connectivity index (χ1v) is 9.53. The van der Waals surface area contributed by atoms with Crippen molar-refractivity contribution in [3.63, 3.8) is 0 Å². The summed E-state index contributed by atoms with van der Waals surface area (Å²) in [6.45, 7) is 11.1. The molecule has 24 heavy (non-hydrogen) atoms. The molecule has 2 atom stereocenters. The van der Waals surface area contributed by atoms with Crippen molar-refractivity contribution in [3.05, 3.63) is 10.6 Å². The number of aromatic nitrogens is 3. The first-order valence-electron chi connectivity index (χ1n) is 9.12. The van der Waals surface area contributed by atoms with Gasteiger partial charge in [-0.15, -0.1) is 0 Å². The van der Waals surface area contributed by atoms with Crippen molar-refractivity contribution < 1.29 is 4.79 Å². The van der Waals surface area contributed by atoms with Gasteiger partial charge in [0.2, 0.25) is 5.91 Å². The molecule has 2 N–H and O–H groups in total. The highest BCUT2D eigenvalue weighted by Crippen LogP contribution is 2.20. The Hall–Kier alpha value is -1.21. The van der Waals surface area contributed by atoms with Gasteiger partial charge in [0.15, 0.2) is 4.77 Å². The Balaban J connectivity index is 1.70. The summed E-state index contributed by atoms with van der Waals surface area (Å²) in [5, 5.41) is 9.97. The lowest BCUT2D eigenvalue weighted by Crippen LogP contribution is -2.40. The highest BCUT2D eigenvalue weighted by Gasteiger charge is 2.21. The van der Waals surface area contributed by atoms with Crippen molar-refractivity contribution in [1.29, 1.82) is 0 Å². The fourth-order valence-electron chi connectivity index (χ4n) is 3.63. The SMILES string of the molecule is CCCc1n[nH]c(=S)n1CC(=O)NCCCN1CC(C)CC(C)C1. The van der Waals surface area contributed by atoms with Crippen LogP contribution in [0.15, 0.2) is 0 Å². The number of H-pyrrole nitrogens is 1. The lowest BCUT2D eigenvalue weighted by molar-refractivity contribution is -0.121. The first kappa shape index (κ1) is 19.1. The largest absolute Gasteiger partial charge is 0.355 e. The third-order valence-corrected chi connectivity index (χ3v) is 4.84. The quantitative estimate of drug-likeness (QED) is 0.556. The summed E-state index contributed by atoms with van der Waals surface area (Å²) in [6, 6.07) is 0. The van der Waals surface area contributed by atoms with Crippen molar-refractivity contribution in [2.75, 3.05) is 26.2 Å². The van der Waals surface area contributed by atoms with Crippen LogP contribution in [0.4, 0.5) is 0 Å². The van der Waals surface area contributed by atoms with Crippen molar-refractivity contribution in [1.82, 2.24) is 25.0 Å². The fraction of sp³-hybridized carbons (Fsp3) is 0.824. The third kappa shape index (κ3) is 5.70. The molecule has 0 bridgehead atoms. The number of rotatable bonds is 8. The number of hydrogen-bond donors (Lipinski definition) is 2. The van der Waals surface area contributed by atoms with Crippen LogP contribution in [0.1, 0.15) is 45.9 Å². The van der Waals surface area contributed by atoms with Gasteiger partial charge in [-0.2, -0.15) is 5.10 Å². The molecule has 6 nitrogen and oxygen atoms in total. The molecule has 0 aliphatic carbocycles. The van der Waals surface area contributed by atoms with Crippen LogP contribution in [0.2, 0.25) is 0 Å². The Labute approximate surface area is 150 Å². The van der Waals surface area contributed by atoms with Gasteiger partial charge < -0.3 is 10.2 Å². The normalized spacial score (nSPS) is 21.8. The Kier molecular flexibility index (Phi) is 7.42. The van der Waals surface area contributed by atoms with Crippen molar-refractivity contribution in [2.45, 2.75) is 53.0 Å². The molecule has 2 unspecified atom stereocenters. The summed E-state index contributed by atoms with van der Waals surface area (Å²) in [5.41, 5.74) is 0. The minimum Gasteiger partial charge on any atom is -0.355 e. The lowest BCUT2D eigenvalue weighted by Gasteiger charge is -2.34. The monoisotopic (exact) mass is 353 g/mol. The molecule has 1 aliphatic rings. The summed E-state index contributed by atoms with van der Waals surface area (Å²) < 4.78 is 2.31. The summed E-state index contributed by atoms with van der Waals surface area (Å²) in [5.74, 6) is 2.42. The summed E-state index contributed by atoms with van der Waals surface area (Å²) in [6.07, 6.45) is 4.13. The van der Waals surface area contributed by atoms with E-state index in [9.17, 15) is 4.79 Å². The molecule has 1 saturated heterocycles. The van der Waals surface area contributed by atoms with Gasteiger partial charge in [-0.25, -0.2) is 0 Å². The van der Waals surface area contributed by atoms with Gasteiger partial charge >= 0.3 is 0 Å². The zero-order chi connectivity index (χ0) is 17.5. The van der Waals surface area contributed by atoms with Crippen LogP contribution in [-0.4, -0.2) is 51.8 Å². The number of likely N-dealkylation sites (tertiary alicyclic amines) is 1. The van der Waals surface area contributed by atoms with E-state index in [2.05, 4.69) is 41.2 Å². The molecular formula is C17H31N5OS. The van der Waals surface area contributed by atoms with Crippen LogP contribution >= 0.6 is 12.2 Å². The Morgan fingerprint density at radius 3 is 2.75 bits per heavy atom. The average molecular weight is 354 g/mol. The number of piperidine rings is 1. The van der Waals surface area contributed by atoms with Crippen LogP contribution in [0.3, 0.4) is 0 Å². The minimum absolute atomic E-state index is 0.00485. The highest BCUT2D eigenvalue weighted by molar-refractivity contribution is 7.71. The fourth-order valence-corrected chi connectivity index (χ4v) is 3.85. The summed E-state index contributed by atoms with van der Waals surface area (Å²) in [4.78, 5) is 14.7. The molecule has 1 fully saturated rings. The van der Waals surface area contributed by atoms with Gasteiger partial charge in [0.25, 0.3) is 0 Å². The molecule has 1 amide bonds. The number of hydrogen-bond acceptors (Lipinski definition) is 4. The Morgan fingerprint density at radius 2 is 2.08 bits per heavy atom. The Morgan fingerprint density at radius 1 is 1.38 bits per heavy atom. The highest BCUT2D eigenvalue weighted by atomic mass is 32.1. The van der Waals surface area contributed by atoms with Crippen molar-refractivity contribution >= 4 is 18.1 Å². The summed E-state index contributed by atoms with van der Waals surface area (Å²) >= 11 is 5.21. The van der Waals surface area contributed by atoms with E-state index in [0.29, 0.717) is 11.3 Å². The zero-order valence-corrected chi connectivity index (χ0v) is 16.0. The van der Waals surface area contributed by atoms with Gasteiger partial charge in [-0.3, -0.25) is 14.5 Å². The molecule has 1 aliphatic heterocycles. The average Bonchev–Trinajstić information content (AvgIpc) is 2.84. The van der Waals surface area contributed by atoms with E-state index >= 15 is 0 Å². The van der Waals surface area contributed by atoms with E-state index in [-0.39, 0.29) is 12.5 Å². The predicted molar refractivity (Wildman–Crippen MR) is 98.4 cm³/mol. The second kappa shape index (κ2) is 9.32. The first-order chi connectivity index (χ1) is 11.5. The molecule has 0 spiro atoms. The zero-order valence-electron chi connectivity index (χ0n) is 15.2. The standard InChI is InChI=1S/C17H31N5OS/c1-4-6-15-19-20-17(24)22(15)12-16(23)18-7-5-8-21-10-13(2)9-14(3)11-21/h13-14H,4-12H2,1-3H3,(H,18,23)(H,20,24). The number of aryl methyl sites for hydroxylation is 1. The van der Waals surface area contributed by atoms with Gasteiger partial charge in [0, 0.05) is 26.1 Å². The molecule has 0 saturated carbocycles. The van der Waals surface area contributed by atoms with Gasteiger partial charge in [0.1, 0.15) is 12.4 Å². The van der Waals surface area contributed by atoms with E-state index in [0.717, 1.165) is 43.5 Å². The maximum absolute atomic E-state index is 12.1. The molecule has 1 aromatic heterocycles. The number of carbonyl (C=O) groups is 1. The van der Waals surface area contributed by atoms with E-state index < -0.39 is 0 Å². The van der Waals surface area contributed by atoms with Gasteiger partial charge in [-0.1, -0.05) is 20.8 Å². The molecule has 2 heterocycles. The van der Waals surface area contributed by atoms with Gasteiger partial charge in [0.05, 0.1) is 0 Å². The summed E-state index contributed by atoms with van der Waals surface area (Å²) in [7, 11) is 0. The molecule has 7 heteroatoms. The molecule has 0 radical (unpaired) electrons. The Bertz CT molecular complexity index is 572. The van der Waals surface area contributed by atoms with E-state index in [1.54, 1.807) is 4.57 Å². The maximum atomic E-state index is 12.1. The van der Waals surface area contributed by atoms with Gasteiger partial charge in [-0.05, 0) is 49.9 Å². The van der Waals surface area contributed by atoms with Crippen LogP contribution in [0, 0.1) is 16.6 Å². The van der Waals surface area contributed by atoms with Crippen molar-refractivity contribution in [3.8, 4) is 0 Å². The number of nitrogens with zero attached hydrogens (tertiary/aromatic N) is 3. The van der Waals surface area contributed by atoms with Crippen LogP contribution in [-0.2, 0) is 17.8 Å². The molecule has 136 valence electrons. The molecule has 1 aromatic rings. The topological polar surface area (TPSA) is 66.0 Å². The maximum Gasteiger partial charge on any atom is 0.240 e. The smallest absolute Gasteiger partial charge is 0.240 e. The predicted octanol–water partition coefficient (Wildman–Crippen LogP) is 2.38. The van der Waals surface area contributed by atoms with Crippen LogP contribution in [0.5, 0.6) is 0 Å². The molecule has 2 rings (SSSR count). The van der Waals surface area contributed by atoms with Crippen molar-refractivity contribution in [2.24, 2.45) is 11.8 Å². The van der Waals surface area contributed by atoms with E-state index in [1.165, 1.54) is 19.5 Å². The minimum atomic E-state index is 0.00485. The third-order valence-electron chi connectivity index (χ3n) is 4.53.